The van der Waals surface area contributed by atoms with E-state index in [9.17, 15) is 15.3 Å². The molecule has 0 aromatic carbocycles. The van der Waals surface area contributed by atoms with E-state index in [2.05, 4.69) is 6.58 Å². The number of rotatable bonds is 4. The summed E-state index contributed by atoms with van der Waals surface area (Å²) in [6.45, 7) is 2.64. The molecule has 0 aromatic heterocycles. The third-order valence-corrected chi connectivity index (χ3v) is 2.33. The van der Waals surface area contributed by atoms with E-state index in [1.54, 1.807) is 0 Å². The van der Waals surface area contributed by atoms with E-state index in [1.165, 1.54) is 6.08 Å². The maximum absolute atomic E-state index is 9.63. The summed E-state index contributed by atoms with van der Waals surface area (Å²) in [5.74, 6) is -1.69. The van der Waals surface area contributed by atoms with Crippen molar-refractivity contribution < 1.29 is 29.9 Å². The van der Waals surface area contributed by atoms with E-state index in [-0.39, 0.29) is 13.2 Å². The van der Waals surface area contributed by atoms with Crippen LogP contribution in [0.2, 0.25) is 0 Å². The zero-order valence-electron chi connectivity index (χ0n) is 8.24. The van der Waals surface area contributed by atoms with Gasteiger partial charge in [-0.3, -0.25) is 0 Å². The standard InChI is InChI=1S/C9H16O6/c1-2-3-14-9(5-10)8(13)7(12)6(11)4-15-9/h2,6-8,10-13H,1,3-5H2/t6-,7-,8+,9-/m0/s1. The Kier molecular flexibility index (Phi) is 4.21. The highest BCUT2D eigenvalue weighted by Crippen LogP contribution is 2.27. The second kappa shape index (κ2) is 5.02. The van der Waals surface area contributed by atoms with Crippen LogP contribution in [0.4, 0.5) is 0 Å². The molecule has 0 bridgehead atoms. The Labute approximate surface area is 87.4 Å². The SMILES string of the molecule is C=CCO[C@@]1(CO)OC[C@H](O)[C@H](O)[C@H]1O. The minimum Gasteiger partial charge on any atom is -0.391 e. The maximum atomic E-state index is 9.63. The van der Waals surface area contributed by atoms with Crippen LogP contribution >= 0.6 is 0 Å². The molecule has 1 aliphatic heterocycles. The molecule has 1 saturated heterocycles. The zero-order valence-corrected chi connectivity index (χ0v) is 8.24. The summed E-state index contributed by atoms with van der Waals surface area (Å²) >= 11 is 0. The second-order valence-corrected chi connectivity index (χ2v) is 3.38. The van der Waals surface area contributed by atoms with Crippen molar-refractivity contribution in [3.8, 4) is 0 Å². The van der Waals surface area contributed by atoms with Gasteiger partial charge in [-0.2, -0.15) is 0 Å². The molecule has 0 unspecified atom stereocenters. The highest BCUT2D eigenvalue weighted by Gasteiger charge is 2.50. The van der Waals surface area contributed by atoms with Gasteiger partial charge in [-0.05, 0) is 0 Å². The van der Waals surface area contributed by atoms with Crippen LogP contribution in [0.25, 0.3) is 0 Å². The minimum atomic E-state index is -1.69. The van der Waals surface area contributed by atoms with Crippen LogP contribution in [0, 0.1) is 0 Å². The molecular weight excluding hydrogens is 204 g/mol. The summed E-state index contributed by atoms with van der Waals surface area (Å²) in [4.78, 5) is 0. The third-order valence-electron chi connectivity index (χ3n) is 2.33. The van der Waals surface area contributed by atoms with E-state index in [4.69, 9.17) is 14.6 Å². The quantitative estimate of drug-likeness (QED) is 0.409. The highest BCUT2D eigenvalue weighted by atomic mass is 16.7. The molecule has 1 fully saturated rings. The molecule has 0 radical (unpaired) electrons. The van der Waals surface area contributed by atoms with E-state index < -0.39 is 30.7 Å². The van der Waals surface area contributed by atoms with Crippen molar-refractivity contribution >= 4 is 0 Å². The third kappa shape index (κ3) is 2.36. The molecule has 6 nitrogen and oxygen atoms in total. The van der Waals surface area contributed by atoms with Crippen molar-refractivity contribution in [2.45, 2.75) is 24.1 Å². The molecule has 0 aliphatic carbocycles. The number of hydrogen-bond donors (Lipinski definition) is 4. The van der Waals surface area contributed by atoms with Gasteiger partial charge in [0.1, 0.15) is 24.9 Å². The van der Waals surface area contributed by atoms with E-state index in [0.717, 1.165) is 0 Å². The van der Waals surface area contributed by atoms with E-state index in [1.807, 2.05) is 0 Å². The average Bonchev–Trinajstić information content (AvgIpc) is 2.26. The summed E-state index contributed by atoms with van der Waals surface area (Å²) in [5.41, 5.74) is 0. The molecule has 0 aromatic rings. The minimum absolute atomic E-state index is 0.0560. The number of ether oxygens (including phenoxy) is 2. The lowest BCUT2D eigenvalue weighted by atomic mass is 9.97. The predicted molar refractivity (Wildman–Crippen MR) is 49.9 cm³/mol. The largest absolute Gasteiger partial charge is 0.391 e. The highest BCUT2D eigenvalue weighted by molar-refractivity contribution is 4.93. The first-order chi connectivity index (χ1) is 7.07. The lowest BCUT2D eigenvalue weighted by molar-refractivity contribution is -0.345. The van der Waals surface area contributed by atoms with E-state index in [0.29, 0.717) is 0 Å². The number of hydrogen-bond acceptors (Lipinski definition) is 6. The van der Waals surface area contributed by atoms with Crippen molar-refractivity contribution in [1.82, 2.24) is 0 Å². The van der Waals surface area contributed by atoms with Crippen LogP contribution in [-0.2, 0) is 9.47 Å². The van der Waals surface area contributed by atoms with Gasteiger partial charge >= 0.3 is 0 Å². The van der Waals surface area contributed by atoms with Gasteiger partial charge in [0.25, 0.3) is 0 Å². The lowest BCUT2D eigenvalue weighted by Gasteiger charge is -2.43. The first-order valence-corrected chi connectivity index (χ1v) is 4.61. The summed E-state index contributed by atoms with van der Waals surface area (Å²) in [6, 6.07) is 0. The molecule has 1 heterocycles. The number of aliphatic hydroxyl groups excluding tert-OH is 4. The van der Waals surface area contributed by atoms with Gasteiger partial charge in [-0.25, -0.2) is 0 Å². The first-order valence-electron chi connectivity index (χ1n) is 4.61. The van der Waals surface area contributed by atoms with Crippen molar-refractivity contribution in [1.29, 1.82) is 0 Å². The monoisotopic (exact) mass is 220 g/mol. The molecule has 4 atom stereocenters. The Bertz CT molecular complexity index is 221. The molecule has 1 aliphatic rings. The predicted octanol–water partition coefficient (Wildman–Crippen LogP) is -2.01. The topological polar surface area (TPSA) is 99.4 Å². The molecule has 15 heavy (non-hydrogen) atoms. The van der Waals surface area contributed by atoms with Crippen molar-refractivity contribution in [2.75, 3.05) is 19.8 Å². The molecule has 1 rings (SSSR count). The van der Waals surface area contributed by atoms with Crippen LogP contribution in [0.3, 0.4) is 0 Å². The molecule has 0 spiro atoms. The Hall–Kier alpha value is -0.500. The Morgan fingerprint density at radius 2 is 2.13 bits per heavy atom. The summed E-state index contributed by atoms with van der Waals surface area (Å²) < 4.78 is 10.1. The fourth-order valence-electron chi connectivity index (χ4n) is 1.39. The maximum Gasteiger partial charge on any atom is 0.221 e. The van der Waals surface area contributed by atoms with Gasteiger partial charge in [0.05, 0.1) is 13.2 Å². The fourth-order valence-corrected chi connectivity index (χ4v) is 1.39. The molecule has 0 saturated carbocycles. The molecule has 88 valence electrons. The van der Waals surface area contributed by atoms with Gasteiger partial charge < -0.3 is 29.9 Å². The van der Waals surface area contributed by atoms with Crippen LogP contribution in [-0.4, -0.2) is 64.3 Å². The van der Waals surface area contributed by atoms with Gasteiger partial charge in [-0.1, -0.05) is 6.08 Å². The van der Waals surface area contributed by atoms with Crippen LogP contribution in [0.1, 0.15) is 0 Å². The molecule has 4 N–H and O–H groups in total. The molecule has 0 amide bonds. The second-order valence-electron chi connectivity index (χ2n) is 3.38. The van der Waals surface area contributed by atoms with Crippen molar-refractivity contribution in [2.24, 2.45) is 0 Å². The van der Waals surface area contributed by atoms with E-state index >= 15 is 0 Å². The fraction of sp³-hybridized carbons (Fsp3) is 0.778. The Morgan fingerprint density at radius 3 is 2.67 bits per heavy atom. The van der Waals surface area contributed by atoms with Crippen LogP contribution < -0.4 is 0 Å². The first kappa shape index (κ1) is 12.6. The van der Waals surface area contributed by atoms with Crippen molar-refractivity contribution in [3.63, 3.8) is 0 Å². The Balaban J connectivity index is 2.75. The summed E-state index contributed by atoms with van der Waals surface area (Å²) in [5, 5.41) is 37.4. The van der Waals surface area contributed by atoms with Gasteiger partial charge in [-0.15, -0.1) is 6.58 Å². The van der Waals surface area contributed by atoms with Crippen molar-refractivity contribution in [3.05, 3.63) is 12.7 Å². The lowest BCUT2D eigenvalue weighted by Crippen LogP contribution is -2.63. The number of aliphatic hydroxyl groups is 4. The van der Waals surface area contributed by atoms with Crippen LogP contribution in [0.5, 0.6) is 0 Å². The van der Waals surface area contributed by atoms with Gasteiger partial charge in [0, 0.05) is 0 Å². The average molecular weight is 220 g/mol. The van der Waals surface area contributed by atoms with Gasteiger partial charge in [0.2, 0.25) is 5.79 Å². The smallest absolute Gasteiger partial charge is 0.221 e. The zero-order chi connectivity index (χ0) is 11.5. The van der Waals surface area contributed by atoms with Gasteiger partial charge in [0.15, 0.2) is 0 Å². The Morgan fingerprint density at radius 1 is 1.47 bits per heavy atom. The molecule has 6 heteroatoms. The summed E-state index contributed by atoms with van der Waals surface area (Å²) in [6.07, 6.45) is -2.68. The summed E-state index contributed by atoms with van der Waals surface area (Å²) in [7, 11) is 0. The molecular formula is C9H16O6. The normalized spacial score (nSPS) is 41.5. The van der Waals surface area contributed by atoms with Crippen LogP contribution in [0.15, 0.2) is 12.7 Å².